The smallest absolute Gasteiger partial charge is 0.308 e. The van der Waals surface area contributed by atoms with Gasteiger partial charge in [0.25, 0.3) is 0 Å². The molecule has 1 aromatic heterocycles. The van der Waals surface area contributed by atoms with Crippen molar-refractivity contribution in [3.05, 3.63) is 65.6 Å². The average molecular weight is 337 g/mol. The second-order valence-electron chi connectivity index (χ2n) is 5.38. The molecule has 0 radical (unpaired) electrons. The lowest BCUT2D eigenvalue weighted by Crippen LogP contribution is -2.02. The third-order valence-electron chi connectivity index (χ3n) is 3.60. The Hall–Kier alpha value is -3.21. The Balaban J connectivity index is 1.95. The Morgan fingerprint density at radius 3 is 2.68 bits per heavy atom. The van der Waals surface area contributed by atoms with E-state index in [1.54, 1.807) is 36.4 Å². The number of hydrogen-bond acceptors (Lipinski definition) is 4. The minimum Gasteiger partial charge on any atom is -0.497 e. The van der Waals surface area contributed by atoms with Crippen molar-refractivity contribution in [3.63, 3.8) is 0 Å². The monoisotopic (exact) mass is 337 g/mol. The van der Waals surface area contributed by atoms with E-state index >= 15 is 0 Å². The van der Waals surface area contributed by atoms with Crippen molar-refractivity contribution in [2.75, 3.05) is 7.11 Å². The normalized spacial score (nSPS) is 11.0. The van der Waals surface area contributed by atoms with Crippen LogP contribution in [0.15, 0.2) is 48.5 Å². The lowest BCUT2D eigenvalue weighted by molar-refractivity contribution is -0.131. The van der Waals surface area contributed by atoms with Crippen molar-refractivity contribution in [1.29, 1.82) is 0 Å². The van der Waals surface area contributed by atoms with E-state index in [0.29, 0.717) is 28.3 Å². The van der Waals surface area contributed by atoms with E-state index < -0.39 is 5.97 Å². The van der Waals surface area contributed by atoms with E-state index in [9.17, 15) is 9.18 Å². The van der Waals surface area contributed by atoms with Crippen LogP contribution in [0.1, 0.15) is 18.2 Å². The summed E-state index contributed by atoms with van der Waals surface area (Å²) in [5, 5.41) is 0.853. The lowest BCUT2D eigenvalue weighted by atomic mass is 10.1. The molecule has 0 N–H and O–H groups in total. The van der Waals surface area contributed by atoms with Crippen LogP contribution < -0.4 is 9.47 Å². The number of carbonyl (C=O) groups excluding carboxylic acids is 1. The molecule has 0 atom stereocenters. The molecule has 0 aliphatic heterocycles. The Morgan fingerprint density at radius 1 is 1.12 bits per heavy atom. The highest BCUT2D eigenvalue weighted by atomic mass is 19.1. The predicted octanol–water partition coefficient (Wildman–Crippen LogP) is 4.48. The highest BCUT2D eigenvalue weighted by molar-refractivity contribution is 5.88. The predicted molar refractivity (Wildman–Crippen MR) is 94.9 cm³/mol. The molecule has 2 aromatic carbocycles. The van der Waals surface area contributed by atoms with E-state index in [1.807, 2.05) is 18.2 Å². The minimum absolute atomic E-state index is 0.378. The fourth-order valence-corrected chi connectivity index (χ4v) is 2.41. The van der Waals surface area contributed by atoms with Gasteiger partial charge in [0, 0.05) is 23.9 Å². The summed E-state index contributed by atoms with van der Waals surface area (Å²) in [4.78, 5) is 15.7. The van der Waals surface area contributed by atoms with Gasteiger partial charge >= 0.3 is 5.97 Å². The first-order valence-corrected chi connectivity index (χ1v) is 7.66. The number of hydrogen-bond donors (Lipinski definition) is 0. The summed E-state index contributed by atoms with van der Waals surface area (Å²) in [5.74, 6) is 0.0768. The molecule has 0 saturated heterocycles. The SMILES string of the molecule is COc1ccc(/C=C/c2ccc3cccc(OC(C)=O)c3n2)c(F)c1. The summed E-state index contributed by atoms with van der Waals surface area (Å²) < 4.78 is 24.2. The summed E-state index contributed by atoms with van der Waals surface area (Å²) >= 11 is 0. The maximum Gasteiger partial charge on any atom is 0.308 e. The highest BCUT2D eigenvalue weighted by Crippen LogP contribution is 2.25. The van der Waals surface area contributed by atoms with Crippen LogP contribution in [0.3, 0.4) is 0 Å². The first-order chi connectivity index (χ1) is 12.1. The Bertz CT molecular complexity index is 966. The fourth-order valence-electron chi connectivity index (χ4n) is 2.41. The van der Waals surface area contributed by atoms with Crippen LogP contribution in [0.5, 0.6) is 11.5 Å². The van der Waals surface area contributed by atoms with Crippen molar-refractivity contribution >= 4 is 29.0 Å². The number of ether oxygens (including phenoxy) is 2. The van der Waals surface area contributed by atoms with Gasteiger partial charge in [0.15, 0.2) is 5.75 Å². The number of halogens is 1. The zero-order valence-electron chi connectivity index (χ0n) is 13.8. The largest absolute Gasteiger partial charge is 0.497 e. The van der Waals surface area contributed by atoms with Gasteiger partial charge in [0.05, 0.1) is 12.8 Å². The number of benzene rings is 2. The number of pyridine rings is 1. The number of rotatable bonds is 4. The van der Waals surface area contributed by atoms with Gasteiger partial charge < -0.3 is 9.47 Å². The van der Waals surface area contributed by atoms with Gasteiger partial charge in [-0.15, -0.1) is 0 Å². The standard InChI is InChI=1S/C20H16FNO3/c1-13(23)25-19-5-3-4-15-7-10-16(22-20(15)19)9-6-14-8-11-17(24-2)12-18(14)21/h3-12H,1-2H3/b9-6+. The molecule has 0 amide bonds. The molecule has 0 unspecified atom stereocenters. The Morgan fingerprint density at radius 2 is 1.96 bits per heavy atom. The quantitative estimate of drug-likeness (QED) is 0.520. The molecule has 0 aliphatic carbocycles. The van der Waals surface area contributed by atoms with Gasteiger partial charge in [-0.1, -0.05) is 18.2 Å². The van der Waals surface area contributed by atoms with Crippen molar-refractivity contribution in [1.82, 2.24) is 4.98 Å². The summed E-state index contributed by atoms with van der Waals surface area (Å²) in [6.07, 6.45) is 3.34. The van der Waals surface area contributed by atoms with Gasteiger partial charge in [0.1, 0.15) is 17.1 Å². The van der Waals surface area contributed by atoms with Gasteiger partial charge in [-0.2, -0.15) is 0 Å². The van der Waals surface area contributed by atoms with E-state index in [0.717, 1.165) is 5.39 Å². The molecule has 0 saturated carbocycles. The topological polar surface area (TPSA) is 48.4 Å². The Labute approximate surface area is 144 Å². The second kappa shape index (κ2) is 7.13. The first-order valence-electron chi connectivity index (χ1n) is 7.66. The van der Waals surface area contributed by atoms with Crippen molar-refractivity contribution in [3.8, 4) is 11.5 Å². The molecule has 1 heterocycles. The summed E-state index contributed by atoms with van der Waals surface area (Å²) in [6.45, 7) is 1.34. The molecule has 5 heteroatoms. The molecule has 4 nitrogen and oxygen atoms in total. The molecule has 0 aliphatic rings. The molecule has 126 valence electrons. The summed E-state index contributed by atoms with van der Waals surface area (Å²) in [6, 6.07) is 13.7. The molecular weight excluding hydrogens is 321 g/mol. The Kier molecular flexibility index (Phi) is 4.75. The van der Waals surface area contributed by atoms with E-state index in [1.165, 1.54) is 20.1 Å². The van der Waals surface area contributed by atoms with Crippen LogP contribution in [0.4, 0.5) is 4.39 Å². The van der Waals surface area contributed by atoms with Gasteiger partial charge in [-0.25, -0.2) is 9.37 Å². The summed E-state index contributed by atoms with van der Waals surface area (Å²) in [7, 11) is 1.49. The molecule has 3 rings (SSSR count). The van der Waals surface area contributed by atoms with Crippen LogP contribution in [-0.4, -0.2) is 18.1 Å². The molecule has 0 bridgehead atoms. The van der Waals surface area contributed by atoms with Crippen molar-refractivity contribution < 1.29 is 18.7 Å². The van der Waals surface area contributed by atoms with Crippen LogP contribution in [0.25, 0.3) is 23.1 Å². The number of aromatic nitrogens is 1. The first kappa shape index (κ1) is 16.6. The number of para-hydroxylation sites is 1. The zero-order chi connectivity index (χ0) is 17.8. The third kappa shape index (κ3) is 3.83. The fraction of sp³-hybridized carbons (Fsp3) is 0.100. The summed E-state index contributed by atoms with van der Waals surface area (Å²) in [5.41, 5.74) is 1.63. The third-order valence-corrected chi connectivity index (χ3v) is 3.60. The van der Waals surface area contributed by atoms with Crippen molar-refractivity contribution in [2.24, 2.45) is 0 Å². The van der Waals surface area contributed by atoms with Gasteiger partial charge in [0.2, 0.25) is 0 Å². The van der Waals surface area contributed by atoms with Crippen LogP contribution >= 0.6 is 0 Å². The highest BCUT2D eigenvalue weighted by Gasteiger charge is 2.07. The van der Waals surface area contributed by atoms with Crippen LogP contribution in [0, 0.1) is 5.82 Å². The van der Waals surface area contributed by atoms with E-state index in [-0.39, 0.29) is 5.82 Å². The van der Waals surface area contributed by atoms with E-state index in [2.05, 4.69) is 4.98 Å². The zero-order valence-corrected chi connectivity index (χ0v) is 13.8. The minimum atomic E-state index is -0.407. The molecule has 3 aromatic rings. The lowest BCUT2D eigenvalue weighted by Gasteiger charge is -2.06. The maximum atomic E-state index is 14.0. The molecule has 0 spiro atoms. The van der Waals surface area contributed by atoms with E-state index in [4.69, 9.17) is 9.47 Å². The van der Waals surface area contributed by atoms with Gasteiger partial charge in [-0.05, 0) is 36.4 Å². The van der Waals surface area contributed by atoms with Gasteiger partial charge in [-0.3, -0.25) is 4.79 Å². The molecular formula is C20H16FNO3. The number of fused-ring (bicyclic) bond motifs is 1. The van der Waals surface area contributed by atoms with Crippen molar-refractivity contribution in [2.45, 2.75) is 6.92 Å². The number of carbonyl (C=O) groups is 1. The number of methoxy groups -OCH3 is 1. The second-order valence-corrected chi connectivity index (χ2v) is 5.38. The molecule has 25 heavy (non-hydrogen) atoms. The van der Waals surface area contributed by atoms with Crippen LogP contribution in [-0.2, 0) is 4.79 Å². The maximum absolute atomic E-state index is 14.0. The number of nitrogens with zero attached hydrogens (tertiary/aromatic N) is 1. The molecule has 0 fully saturated rings. The van der Waals surface area contributed by atoms with Crippen LogP contribution in [0.2, 0.25) is 0 Å². The average Bonchev–Trinajstić information content (AvgIpc) is 2.60. The number of esters is 1.